The van der Waals surface area contributed by atoms with Crippen LogP contribution in [0.25, 0.3) is 22.3 Å². The number of hydrogen-bond donors (Lipinski definition) is 1. The summed E-state index contributed by atoms with van der Waals surface area (Å²) < 4.78 is 6.13. The van der Waals surface area contributed by atoms with Gasteiger partial charge in [-0.1, -0.05) is 36.4 Å². The van der Waals surface area contributed by atoms with Gasteiger partial charge in [0.15, 0.2) is 5.43 Å². The van der Waals surface area contributed by atoms with E-state index in [0.717, 1.165) is 16.7 Å². The zero-order valence-corrected chi connectivity index (χ0v) is 13.9. The minimum atomic E-state index is -0.197. The van der Waals surface area contributed by atoms with Crippen molar-refractivity contribution in [1.29, 1.82) is 10.8 Å². The smallest absolute Gasteiger partial charge is 0.196 e. The molecular formula is C19H19N3O2. The summed E-state index contributed by atoms with van der Waals surface area (Å²) >= 11 is 0. The maximum atomic E-state index is 12.7. The average Bonchev–Trinajstić information content (AvgIpc) is 2.60. The molecule has 5 nitrogen and oxygen atoms in total. The standard InChI is InChI=1S/C19H19NO2.N2/c1-11-9-15(13(3)20)19-16(10-11)17(21)12(2)18(22-19)14-7-5-4-6-8-14;1-2/h4-10,13H,20H2,1-3H3;/t13-;/m1./s1. The second-order valence-electron chi connectivity index (χ2n) is 5.77. The van der Waals surface area contributed by atoms with E-state index in [1.807, 2.05) is 63.2 Å². The van der Waals surface area contributed by atoms with Crippen molar-refractivity contribution in [3.63, 3.8) is 0 Å². The summed E-state index contributed by atoms with van der Waals surface area (Å²) in [6.45, 7) is 5.67. The Kier molecular flexibility index (Phi) is 5.12. The van der Waals surface area contributed by atoms with Gasteiger partial charge in [0, 0.05) is 33.5 Å². The third kappa shape index (κ3) is 3.05. The molecule has 0 amide bonds. The van der Waals surface area contributed by atoms with Crippen LogP contribution in [0.5, 0.6) is 0 Å². The number of nitrogens with zero attached hydrogens (tertiary/aromatic N) is 2. The van der Waals surface area contributed by atoms with Gasteiger partial charge in [-0.05, 0) is 32.4 Å². The highest BCUT2D eigenvalue weighted by Gasteiger charge is 2.17. The Labute approximate surface area is 140 Å². The molecule has 3 rings (SSSR count). The number of fused-ring (bicyclic) bond motifs is 1. The van der Waals surface area contributed by atoms with E-state index in [2.05, 4.69) is 0 Å². The van der Waals surface area contributed by atoms with Crippen molar-refractivity contribution < 1.29 is 4.42 Å². The summed E-state index contributed by atoms with van der Waals surface area (Å²) in [7, 11) is 0. The lowest BCUT2D eigenvalue weighted by molar-refractivity contribution is 0.603. The Bertz CT molecular complexity index is 941. The van der Waals surface area contributed by atoms with Gasteiger partial charge in [0.05, 0.1) is 5.39 Å². The maximum Gasteiger partial charge on any atom is 0.196 e. The maximum absolute atomic E-state index is 12.7. The highest BCUT2D eigenvalue weighted by atomic mass is 16.3. The summed E-state index contributed by atoms with van der Waals surface area (Å²) in [4.78, 5) is 12.7. The lowest BCUT2D eigenvalue weighted by atomic mass is 9.99. The monoisotopic (exact) mass is 321 g/mol. The molecule has 1 aromatic heterocycles. The van der Waals surface area contributed by atoms with Gasteiger partial charge in [0.1, 0.15) is 11.3 Å². The Balaban J connectivity index is 0.00000100. The second kappa shape index (κ2) is 7.07. The fraction of sp³-hybridized carbons (Fsp3) is 0.211. The summed E-state index contributed by atoms with van der Waals surface area (Å²) in [5.74, 6) is 0.615. The predicted octanol–water partition coefficient (Wildman–Crippen LogP) is 4.13. The Morgan fingerprint density at radius 2 is 1.71 bits per heavy atom. The molecule has 0 radical (unpaired) electrons. The van der Waals surface area contributed by atoms with Crippen LogP contribution >= 0.6 is 0 Å². The lowest BCUT2D eigenvalue weighted by Crippen LogP contribution is -2.12. The molecule has 2 N–H and O–H groups in total. The van der Waals surface area contributed by atoms with Crippen LogP contribution < -0.4 is 11.2 Å². The highest BCUT2D eigenvalue weighted by Crippen LogP contribution is 2.29. The third-order valence-electron chi connectivity index (χ3n) is 3.92. The minimum Gasteiger partial charge on any atom is -0.455 e. The summed E-state index contributed by atoms with van der Waals surface area (Å²) in [6, 6.07) is 13.3. The molecule has 1 atom stereocenters. The SMILES string of the molecule is Cc1cc([C@@H](C)N)c2oc(-c3ccccc3)c(C)c(=O)c2c1.N#N. The third-order valence-corrected chi connectivity index (χ3v) is 3.92. The van der Waals surface area contributed by atoms with Crippen molar-refractivity contribution in [3.8, 4) is 11.3 Å². The van der Waals surface area contributed by atoms with Crippen LogP contribution in [-0.4, -0.2) is 0 Å². The van der Waals surface area contributed by atoms with Crippen LogP contribution in [0, 0.1) is 24.6 Å². The molecule has 0 aliphatic rings. The Morgan fingerprint density at radius 1 is 1.08 bits per heavy atom. The van der Waals surface area contributed by atoms with Crippen LogP contribution in [0.15, 0.2) is 51.7 Å². The summed E-state index contributed by atoms with van der Waals surface area (Å²) in [5, 5.41) is 12.6. The minimum absolute atomic E-state index is 0.00528. The molecular weight excluding hydrogens is 302 g/mol. The predicted molar refractivity (Wildman–Crippen MR) is 93.4 cm³/mol. The molecule has 24 heavy (non-hydrogen) atoms. The van der Waals surface area contributed by atoms with Crippen LogP contribution in [0.2, 0.25) is 0 Å². The van der Waals surface area contributed by atoms with Crippen molar-refractivity contribution in [2.24, 2.45) is 5.73 Å². The van der Waals surface area contributed by atoms with Crippen LogP contribution in [-0.2, 0) is 0 Å². The molecule has 0 saturated carbocycles. The number of rotatable bonds is 2. The summed E-state index contributed by atoms with van der Waals surface area (Å²) in [5.41, 5.74) is 10.1. The van der Waals surface area contributed by atoms with E-state index in [1.165, 1.54) is 0 Å². The largest absolute Gasteiger partial charge is 0.455 e. The van der Waals surface area contributed by atoms with E-state index in [-0.39, 0.29) is 11.5 Å². The first-order valence-corrected chi connectivity index (χ1v) is 7.58. The molecule has 0 spiro atoms. The molecule has 0 saturated heterocycles. The molecule has 1 heterocycles. The Morgan fingerprint density at radius 3 is 2.29 bits per heavy atom. The zero-order valence-electron chi connectivity index (χ0n) is 13.9. The molecule has 3 aromatic rings. The van der Waals surface area contributed by atoms with E-state index in [0.29, 0.717) is 22.3 Å². The normalized spacial score (nSPS) is 11.6. The average molecular weight is 321 g/mol. The van der Waals surface area contributed by atoms with Gasteiger partial charge in [-0.25, -0.2) is 0 Å². The van der Waals surface area contributed by atoms with Gasteiger partial charge in [-0.3, -0.25) is 4.79 Å². The summed E-state index contributed by atoms with van der Waals surface area (Å²) in [6.07, 6.45) is 0. The van der Waals surface area contributed by atoms with Gasteiger partial charge in [0.2, 0.25) is 0 Å². The molecule has 5 heteroatoms. The van der Waals surface area contributed by atoms with Gasteiger partial charge in [0.25, 0.3) is 0 Å². The number of nitrogens with two attached hydrogens (primary N) is 1. The first-order chi connectivity index (χ1) is 11.5. The van der Waals surface area contributed by atoms with E-state index >= 15 is 0 Å². The number of benzene rings is 2. The zero-order chi connectivity index (χ0) is 17.9. The molecule has 0 fully saturated rings. The van der Waals surface area contributed by atoms with E-state index in [4.69, 9.17) is 20.9 Å². The van der Waals surface area contributed by atoms with Gasteiger partial charge in [-0.15, -0.1) is 0 Å². The molecule has 122 valence electrons. The lowest BCUT2D eigenvalue weighted by Gasteiger charge is -2.13. The molecule has 0 aliphatic carbocycles. The quantitative estimate of drug-likeness (QED) is 0.715. The first kappa shape index (κ1) is 17.4. The van der Waals surface area contributed by atoms with Crippen molar-refractivity contribution in [3.05, 3.63) is 69.4 Å². The van der Waals surface area contributed by atoms with Crippen LogP contribution in [0.3, 0.4) is 0 Å². The van der Waals surface area contributed by atoms with E-state index in [1.54, 1.807) is 0 Å². The molecule has 0 aliphatic heterocycles. The van der Waals surface area contributed by atoms with Crippen molar-refractivity contribution >= 4 is 11.0 Å². The highest BCUT2D eigenvalue weighted by molar-refractivity contribution is 5.84. The van der Waals surface area contributed by atoms with E-state index in [9.17, 15) is 4.79 Å². The number of aryl methyl sites for hydroxylation is 1. The van der Waals surface area contributed by atoms with Gasteiger partial charge < -0.3 is 10.2 Å². The van der Waals surface area contributed by atoms with Crippen molar-refractivity contribution in [2.45, 2.75) is 26.8 Å². The van der Waals surface area contributed by atoms with E-state index < -0.39 is 0 Å². The molecule has 2 aromatic carbocycles. The van der Waals surface area contributed by atoms with Gasteiger partial charge >= 0.3 is 0 Å². The van der Waals surface area contributed by atoms with Crippen molar-refractivity contribution in [2.75, 3.05) is 0 Å². The second-order valence-corrected chi connectivity index (χ2v) is 5.77. The number of hydrogen-bond acceptors (Lipinski definition) is 5. The topological polar surface area (TPSA) is 104 Å². The van der Waals surface area contributed by atoms with Crippen LogP contribution in [0.4, 0.5) is 0 Å². The molecule has 0 unspecified atom stereocenters. The fourth-order valence-corrected chi connectivity index (χ4v) is 2.77. The molecule has 0 bridgehead atoms. The van der Waals surface area contributed by atoms with Gasteiger partial charge in [-0.2, -0.15) is 0 Å². The fourth-order valence-electron chi connectivity index (χ4n) is 2.77. The van der Waals surface area contributed by atoms with Crippen LogP contribution in [0.1, 0.15) is 29.7 Å². The Hall–Kier alpha value is -2.97. The van der Waals surface area contributed by atoms with Crippen molar-refractivity contribution in [1.82, 2.24) is 0 Å². The first-order valence-electron chi connectivity index (χ1n) is 7.58.